The van der Waals surface area contributed by atoms with E-state index in [0.717, 1.165) is 44.2 Å². The molecule has 0 saturated carbocycles. The van der Waals surface area contributed by atoms with E-state index < -0.39 is 0 Å². The van der Waals surface area contributed by atoms with Gasteiger partial charge in [-0.1, -0.05) is 140 Å². The molecule has 3 heterocycles. The molecule has 0 atom stereocenters. The minimum atomic E-state index is 0.660. The van der Waals surface area contributed by atoms with Crippen LogP contribution in [-0.4, -0.2) is 19.9 Å². The molecule has 9 aromatic rings. The Kier molecular flexibility index (Phi) is 6.61. The van der Waals surface area contributed by atoms with Crippen molar-refractivity contribution >= 4 is 42.4 Å². The van der Waals surface area contributed by atoms with Gasteiger partial charge in [0.1, 0.15) is 0 Å². The summed E-state index contributed by atoms with van der Waals surface area (Å²) in [6.07, 6.45) is 0. The van der Waals surface area contributed by atoms with Crippen LogP contribution in [0.3, 0.4) is 0 Å². The van der Waals surface area contributed by atoms with Crippen LogP contribution >= 0.6 is 11.3 Å². The first kappa shape index (κ1) is 27.3. The van der Waals surface area contributed by atoms with Gasteiger partial charge in [-0.3, -0.25) is 0 Å². The molecule has 0 fully saturated rings. The normalized spacial score (nSPS) is 11.4. The summed E-state index contributed by atoms with van der Waals surface area (Å²) in [4.78, 5) is 19.9. The third kappa shape index (κ3) is 4.94. The van der Waals surface area contributed by atoms with Gasteiger partial charge in [0.25, 0.3) is 0 Å². The minimum absolute atomic E-state index is 0.660. The zero-order chi connectivity index (χ0) is 31.2. The number of rotatable bonds is 5. The highest BCUT2D eigenvalue weighted by atomic mass is 32.1. The van der Waals surface area contributed by atoms with Crippen molar-refractivity contribution < 1.29 is 0 Å². The Labute approximate surface area is 275 Å². The number of thiophene rings is 1. The Hall–Kier alpha value is -6.04. The third-order valence-electron chi connectivity index (χ3n) is 8.55. The monoisotopic (exact) mass is 618 g/mol. The molecule has 9 rings (SSSR count). The fourth-order valence-electron chi connectivity index (χ4n) is 6.24. The van der Waals surface area contributed by atoms with Gasteiger partial charge in [-0.25, -0.2) is 19.9 Å². The van der Waals surface area contributed by atoms with Gasteiger partial charge in [0.2, 0.25) is 0 Å². The van der Waals surface area contributed by atoms with E-state index in [0.29, 0.717) is 17.5 Å². The van der Waals surface area contributed by atoms with Crippen molar-refractivity contribution in [1.82, 2.24) is 19.9 Å². The van der Waals surface area contributed by atoms with Crippen LogP contribution in [0.1, 0.15) is 0 Å². The molecule has 0 amide bonds. The zero-order valence-electron chi connectivity index (χ0n) is 25.2. The quantitative estimate of drug-likeness (QED) is 0.193. The largest absolute Gasteiger partial charge is 0.248 e. The first-order valence-electron chi connectivity index (χ1n) is 15.6. The van der Waals surface area contributed by atoms with Crippen LogP contribution in [0.5, 0.6) is 0 Å². The molecule has 0 aliphatic heterocycles. The number of hydrogen-bond acceptors (Lipinski definition) is 5. The Morgan fingerprint density at radius 1 is 0.383 bits per heavy atom. The maximum Gasteiger partial charge on any atom is 0.164 e. The molecule has 0 aliphatic carbocycles. The van der Waals surface area contributed by atoms with E-state index in [1.165, 1.54) is 25.9 Å². The summed E-state index contributed by atoms with van der Waals surface area (Å²) in [5.74, 6) is 1.99. The number of pyridine rings is 1. The smallest absolute Gasteiger partial charge is 0.164 e. The van der Waals surface area contributed by atoms with Gasteiger partial charge >= 0.3 is 0 Å². The number of aromatic nitrogens is 4. The molecular weight excluding hydrogens is 593 g/mol. The van der Waals surface area contributed by atoms with E-state index in [4.69, 9.17) is 19.9 Å². The molecule has 0 aliphatic rings. The van der Waals surface area contributed by atoms with E-state index in [-0.39, 0.29) is 0 Å². The highest BCUT2D eigenvalue weighted by Gasteiger charge is 2.18. The van der Waals surface area contributed by atoms with E-state index in [1.807, 2.05) is 84.1 Å². The molecule has 0 bridgehead atoms. The molecule has 3 aromatic heterocycles. The molecule has 5 heteroatoms. The Morgan fingerprint density at radius 2 is 1.00 bits per heavy atom. The number of fused-ring (bicyclic) bond motifs is 4. The first-order chi connectivity index (χ1) is 23.3. The van der Waals surface area contributed by atoms with E-state index in [9.17, 15) is 0 Å². The van der Waals surface area contributed by atoms with Gasteiger partial charge in [0.05, 0.1) is 11.2 Å². The highest BCUT2D eigenvalue weighted by Crippen LogP contribution is 2.43. The predicted octanol–water partition coefficient (Wildman–Crippen LogP) is 11.1. The SMILES string of the molecule is c1ccc(-c2nc(-c3ccccc3)nc(-c3cccc4sc5c(-c6ccc(-c7ccc8ccccc8n7)cc6)cccc5c34)n2)cc1. The Balaban J connectivity index is 1.17. The van der Waals surface area contributed by atoms with Crippen molar-refractivity contribution in [2.45, 2.75) is 0 Å². The van der Waals surface area contributed by atoms with Crippen molar-refractivity contribution in [2.75, 3.05) is 0 Å². The van der Waals surface area contributed by atoms with Crippen molar-refractivity contribution in [1.29, 1.82) is 0 Å². The lowest BCUT2D eigenvalue weighted by atomic mass is 9.99. The highest BCUT2D eigenvalue weighted by molar-refractivity contribution is 7.26. The Morgan fingerprint density at radius 3 is 1.74 bits per heavy atom. The summed E-state index contributed by atoms with van der Waals surface area (Å²) in [6, 6.07) is 54.5. The summed E-state index contributed by atoms with van der Waals surface area (Å²) in [7, 11) is 0. The molecule has 220 valence electrons. The standard InChI is InChI=1S/C42H26N4S/c1-3-12-30(13-4-1)40-44-41(31-14-5-2-6-15-31)46-42(45-40)34-18-10-20-37-38(34)33-17-9-16-32(39(33)47-37)27-21-23-29(24-22-27)36-26-25-28-11-7-8-19-35(28)43-36/h1-26H. The van der Waals surface area contributed by atoms with Crippen LogP contribution in [-0.2, 0) is 0 Å². The Bertz CT molecular complexity index is 2500. The van der Waals surface area contributed by atoms with Crippen LogP contribution in [0.2, 0.25) is 0 Å². The summed E-state index contributed by atoms with van der Waals surface area (Å²) < 4.78 is 2.44. The second-order valence-electron chi connectivity index (χ2n) is 11.5. The van der Waals surface area contributed by atoms with Gasteiger partial charge in [-0.15, -0.1) is 11.3 Å². The molecule has 0 spiro atoms. The maximum atomic E-state index is 5.05. The predicted molar refractivity (Wildman–Crippen MR) is 195 cm³/mol. The lowest BCUT2D eigenvalue weighted by Crippen LogP contribution is -2.00. The fraction of sp³-hybridized carbons (Fsp3) is 0. The average molecular weight is 619 g/mol. The van der Waals surface area contributed by atoms with Gasteiger partial charge in [0, 0.05) is 47.8 Å². The van der Waals surface area contributed by atoms with Crippen molar-refractivity contribution in [3.63, 3.8) is 0 Å². The molecule has 0 radical (unpaired) electrons. The van der Waals surface area contributed by atoms with Gasteiger partial charge in [-0.2, -0.15) is 0 Å². The van der Waals surface area contributed by atoms with Crippen LogP contribution in [0.25, 0.3) is 87.6 Å². The molecule has 0 unspecified atom stereocenters. The second-order valence-corrected chi connectivity index (χ2v) is 12.5. The number of hydrogen-bond donors (Lipinski definition) is 0. The number of para-hydroxylation sites is 1. The summed E-state index contributed by atoms with van der Waals surface area (Å²) in [6.45, 7) is 0. The second kappa shape index (κ2) is 11.4. The number of benzene rings is 6. The van der Waals surface area contributed by atoms with Gasteiger partial charge in [0.15, 0.2) is 17.5 Å². The topological polar surface area (TPSA) is 51.6 Å². The number of nitrogens with zero attached hydrogens (tertiary/aromatic N) is 4. The van der Waals surface area contributed by atoms with E-state index in [1.54, 1.807) is 0 Å². The summed E-state index contributed by atoms with van der Waals surface area (Å²) in [5.41, 5.74) is 8.38. The van der Waals surface area contributed by atoms with Crippen molar-refractivity contribution in [2.24, 2.45) is 0 Å². The van der Waals surface area contributed by atoms with Crippen molar-refractivity contribution in [3.8, 4) is 56.5 Å². The molecule has 0 N–H and O–H groups in total. The van der Waals surface area contributed by atoms with E-state index >= 15 is 0 Å². The molecular formula is C42H26N4S. The van der Waals surface area contributed by atoms with E-state index in [2.05, 4.69) is 84.9 Å². The van der Waals surface area contributed by atoms with Crippen molar-refractivity contribution in [3.05, 3.63) is 158 Å². The molecule has 47 heavy (non-hydrogen) atoms. The molecule has 4 nitrogen and oxygen atoms in total. The fourth-order valence-corrected chi connectivity index (χ4v) is 7.50. The van der Waals surface area contributed by atoms with Gasteiger partial charge < -0.3 is 0 Å². The molecule has 0 saturated heterocycles. The minimum Gasteiger partial charge on any atom is -0.248 e. The average Bonchev–Trinajstić information content (AvgIpc) is 3.55. The lowest BCUT2D eigenvalue weighted by molar-refractivity contribution is 1.08. The van der Waals surface area contributed by atoms with Crippen LogP contribution in [0.4, 0.5) is 0 Å². The lowest BCUT2D eigenvalue weighted by Gasteiger charge is -2.10. The first-order valence-corrected chi connectivity index (χ1v) is 16.4. The molecule has 6 aromatic carbocycles. The third-order valence-corrected chi connectivity index (χ3v) is 9.76. The maximum absolute atomic E-state index is 5.05. The van der Waals surface area contributed by atoms with Crippen LogP contribution in [0, 0.1) is 0 Å². The zero-order valence-corrected chi connectivity index (χ0v) is 26.0. The van der Waals surface area contributed by atoms with Crippen LogP contribution in [0.15, 0.2) is 158 Å². The summed E-state index contributed by atoms with van der Waals surface area (Å²) in [5, 5.41) is 3.50. The van der Waals surface area contributed by atoms with Crippen LogP contribution < -0.4 is 0 Å². The van der Waals surface area contributed by atoms with Gasteiger partial charge in [-0.05, 0) is 29.3 Å². The summed E-state index contributed by atoms with van der Waals surface area (Å²) >= 11 is 1.81.